The smallest absolute Gasteiger partial charge is 0.317 e. The number of nitrogens with zero attached hydrogens (tertiary/aromatic N) is 1. The van der Waals surface area contributed by atoms with E-state index in [4.69, 9.17) is 0 Å². The van der Waals surface area contributed by atoms with E-state index in [-0.39, 0.29) is 17.9 Å². The van der Waals surface area contributed by atoms with Gasteiger partial charge in [0.2, 0.25) is 5.91 Å². The summed E-state index contributed by atoms with van der Waals surface area (Å²) in [4.78, 5) is 27.7. The Labute approximate surface area is 158 Å². The van der Waals surface area contributed by atoms with Gasteiger partial charge in [-0.2, -0.15) is 0 Å². The molecular formula is C20H25N3O2S. The highest BCUT2D eigenvalue weighted by atomic mass is 32.1. The molecule has 0 aliphatic carbocycles. The number of likely N-dealkylation sites (tertiary alicyclic amines) is 1. The first-order valence-corrected chi connectivity index (χ1v) is 9.97. The molecule has 1 atom stereocenters. The third-order valence-electron chi connectivity index (χ3n) is 4.63. The van der Waals surface area contributed by atoms with Crippen molar-refractivity contribution in [3.63, 3.8) is 0 Å². The van der Waals surface area contributed by atoms with E-state index >= 15 is 0 Å². The van der Waals surface area contributed by atoms with Gasteiger partial charge in [-0.3, -0.25) is 4.79 Å². The average Bonchev–Trinajstić information content (AvgIpc) is 3.20. The van der Waals surface area contributed by atoms with Crippen LogP contribution in [0.1, 0.15) is 23.3 Å². The van der Waals surface area contributed by atoms with E-state index in [0.717, 1.165) is 24.1 Å². The summed E-state index contributed by atoms with van der Waals surface area (Å²) in [5, 5.41) is 7.96. The second-order valence-electron chi connectivity index (χ2n) is 6.55. The highest BCUT2D eigenvalue weighted by Crippen LogP contribution is 2.17. The predicted molar refractivity (Wildman–Crippen MR) is 104 cm³/mol. The molecule has 2 heterocycles. The van der Waals surface area contributed by atoms with Crippen molar-refractivity contribution in [3.05, 3.63) is 58.3 Å². The summed E-state index contributed by atoms with van der Waals surface area (Å²) in [6.07, 6.45) is 2.53. The highest BCUT2D eigenvalue weighted by Gasteiger charge is 2.28. The van der Waals surface area contributed by atoms with Crippen molar-refractivity contribution in [2.24, 2.45) is 5.92 Å². The Bertz CT molecular complexity index is 703. The fraction of sp³-hybridized carbons (Fsp3) is 0.400. The zero-order chi connectivity index (χ0) is 18.2. The van der Waals surface area contributed by atoms with E-state index in [1.54, 1.807) is 16.2 Å². The fourth-order valence-electron chi connectivity index (χ4n) is 3.18. The minimum atomic E-state index is -0.119. The van der Waals surface area contributed by atoms with E-state index in [0.29, 0.717) is 26.2 Å². The Morgan fingerprint density at radius 1 is 1.12 bits per heavy atom. The van der Waals surface area contributed by atoms with E-state index in [1.807, 2.05) is 35.7 Å². The number of urea groups is 1. The first-order chi connectivity index (χ1) is 12.7. The molecule has 138 valence electrons. The van der Waals surface area contributed by atoms with Gasteiger partial charge in [0.15, 0.2) is 0 Å². The summed E-state index contributed by atoms with van der Waals surface area (Å²) in [5.74, 6) is -0.0660. The zero-order valence-electron chi connectivity index (χ0n) is 14.8. The third kappa shape index (κ3) is 5.33. The first kappa shape index (κ1) is 18.5. The Morgan fingerprint density at radius 2 is 1.96 bits per heavy atom. The van der Waals surface area contributed by atoms with Crippen molar-refractivity contribution in [1.29, 1.82) is 0 Å². The summed E-state index contributed by atoms with van der Waals surface area (Å²) in [6.45, 7) is 2.38. The van der Waals surface area contributed by atoms with Crippen molar-refractivity contribution >= 4 is 23.3 Å². The Morgan fingerprint density at radius 3 is 2.73 bits per heavy atom. The normalized spacial score (nSPS) is 16.9. The molecule has 0 saturated carbocycles. The molecule has 1 aliphatic rings. The minimum Gasteiger partial charge on any atom is -0.355 e. The molecule has 2 aromatic rings. The van der Waals surface area contributed by atoms with Gasteiger partial charge in [0.1, 0.15) is 0 Å². The van der Waals surface area contributed by atoms with Crippen LogP contribution in [0.2, 0.25) is 0 Å². The maximum absolute atomic E-state index is 12.4. The molecule has 26 heavy (non-hydrogen) atoms. The number of carbonyl (C=O) groups is 2. The van der Waals surface area contributed by atoms with Gasteiger partial charge >= 0.3 is 6.03 Å². The van der Waals surface area contributed by atoms with Crippen LogP contribution in [0.4, 0.5) is 4.79 Å². The largest absolute Gasteiger partial charge is 0.355 e. The van der Waals surface area contributed by atoms with Crippen molar-refractivity contribution in [2.75, 3.05) is 19.6 Å². The number of rotatable bonds is 6. The Balaban J connectivity index is 1.41. The van der Waals surface area contributed by atoms with Crippen molar-refractivity contribution < 1.29 is 9.59 Å². The van der Waals surface area contributed by atoms with Crippen molar-refractivity contribution in [2.45, 2.75) is 25.8 Å². The van der Waals surface area contributed by atoms with Gasteiger partial charge in [-0.05, 0) is 36.3 Å². The van der Waals surface area contributed by atoms with Gasteiger partial charge in [0, 0.05) is 24.5 Å². The molecule has 3 rings (SSSR count). The van der Waals surface area contributed by atoms with Gasteiger partial charge in [0.25, 0.3) is 0 Å². The van der Waals surface area contributed by atoms with Crippen LogP contribution in [0.5, 0.6) is 0 Å². The lowest BCUT2D eigenvalue weighted by Gasteiger charge is -2.32. The summed E-state index contributed by atoms with van der Waals surface area (Å²) in [5.41, 5.74) is 1.21. The number of carbonyl (C=O) groups excluding carboxylic acids is 2. The molecule has 0 spiro atoms. The molecule has 0 bridgehead atoms. The quantitative estimate of drug-likeness (QED) is 0.820. The molecule has 5 nitrogen and oxygen atoms in total. The van der Waals surface area contributed by atoms with Crippen LogP contribution < -0.4 is 10.6 Å². The van der Waals surface area contributed by atoms with E-state index < -0.39 is 0 Å². The van der Waals surface area contributed by atoms with Gasteiger partial charge in [-0.25, -0.2) is 4.79 Å². The minimum absolute atomic E-state index is 0.0525. The number of thiophene rings is 1. The van der Waals surface area contributed by atoms with E-state index in [9.17, 15) is 9.59 Å². The lowest BCUT2D eigenvalue weighted by atomic mass is 9.97. The summed E-state index contributed by atoms with van der Waals surface area (Å²) in [7, 11) is 0. The number of nitrogens with one attached hydrogen (secondary N) is 2. The molecule has 1 saturated heterocycles. The third-order valence-corrected chi connectivity index (χ3v) is 5.51. The summed E-state index contributed by atoms with van der Waals surface area (Å²) >= 11 is 1.63. The second-order valence-corrected chi connectivity index (χ2v) is 7.58. The number of hydrogen-bond acceptors (Lipinski definition) is 3. The molecule has 1 aromatic carbocycles. The molecule has 1 aromatic heterocycles. The monoisotopic (exact) mass is 371 g/mol. The van der Waals surface area contributed by atoms with Crippen LogP contribution in [-0.4, -0.2) is 36.5 Å². The number of hydrogen-bond donors (Lipinski definition) is 2. The van der Waals surface area contributed by atoms with Gasteiger partial charge in [0.05, 0.1) is 12.5 Å². The number of piperidine rings is 1. The van der Waals surface area contributed by atoms with E-state index in [2.05, 4.69) is 22.8 Å². The van der Waals surface area contributed by atoms with Crippen LogP contribution in [0, 0.1) is 5.92 Å². The summed E-state index contributed by atoms with van der Waals surface area (Å²) in [6, 6.07) is 14.0. The lowest BCUT2D eigenvalue weighted by molar-refractivity contribution is -0.126. The Kier molecular flexibility index (Phi) is 6.66. The average molecular weight is 372 g/mol. The van der Waals surface area contributed by atoms with Gasteiger partial charge in [-0.1, -0.05) is 36.4 Å². The standard InChI is InChI=1S/C20H25N3O2S/c24-19(21-11-10-16-6-2-1-3-7-16)17-8-4-12-23(15-17)20(25)22-14-18-9-5-13-26-18/h1-3,5-7,9,13,17H,4,8,10-12,14-15H2,(H,21,24)(H,22,25). The molecule has 3 amide bonds. The number of benzene rings is 1. The maximum atomic E-state index is 12.4. The lowest BCUT2D eigenvalue weighted by Crippen LogP contribution is -2.48. The molecule has 1 unspecified atom stereocenters. The Hall–Kier alpha value is -2.34. The number of amides is 3. The second kappa shape index (κ2) is 9.38. The molecule has 0 radical (unpaired) electrons. The molecule has 6 heteroatoms. The van der Waals surface area contributed by atoms with Crippen LogP contribution in [0.3, 0.4) is 0 Å². The topological polar surface area (TPSA) is 61.4 Å². The van der Waals surface area contributed by atoms with Gasteiger partial charge < -0.3 is 15.5 Å². The van der Waals surface area contributed by atoms with Crippen molar-refractivity contribution in [1.82, 2.24) is 15.5 Å². The van der Waals surface area contributed by atoms with Crippen molar-refractivity contribution in [3.8, 4) is 0 Å². The van der Waals surface area contributed by atoms with Crippen LogP contribution >= 0.6 is 11.3 Å². The maximum Gasteiger partial charge on any atom is 0.317 e. The molecular weight excluding hydrogens is 346 g/mol. The highest BCUT2D eigenvalue weighted by molar-refractivity contribution is 7.09. The zero-order valence-corrected chi connectivity index (χ0v) is 15.6. The van der Waals surface area contributed by atoms with Crippen LogP contribution in [0.15, 0.2) is 47.8 Å². The molecule has 2 N–H and O–H groups in total. The SMILES string of the molecule is O=C(NCCc1ccccc1)C1CCCN(C(=O)NCc2cccs2)C1. The fourth-order valence-corrected chi connectivity index (χ4v) is 3.83. The summed E-state index contributed by atoms with van der Waals surface area (Å²) < 4.78 is 0. The predicted octanol–water partition coefficient (Wildman–Crippen LogP) is 3.03. The van der Waals surface area contributed by atoms with E-state index in [1.165, 1.54) is 5.56 Å². The molecule has 1 fully saturated rings. The molecule has 1 aliphatic heterocycles. The van der Waals surface area contributed by atoms with Crippen LogP contribution in [0.25, 0.3) is 0 Å². The van der Waals surface area contributed by atoms with Crippen LogP contribution in [-0.2, 0) is 17.8 Å². The van der Waals surface area contributed by atoms with Gasteiger partial charge in [-0.15, -0.1) is 11.3 Å². The first-order valence-electron chi connectivity index (χ1n) is 9.09.